The standard InChI is InChI=1S/C17H24.C14H16/c1-7-13(2)15-8-10-16(11-9-15)14(3)12-17(4,5)6;1-4-9-13(5-2)12(3)14-10-7-6-8-11-14/h8-12H,2,7H2,1,3-6H3;4-12H,1-2H2,3H3/b14-12+;13-9+. The molecule has 2 aromatic rings. The largest absolute Gasteiger partial charge is 0.0991 e. The summed E-state index contributed by atoms with van der Waals surface area (Å²) < 4.78 is 0. The summed E-state index contributed by atoms with van der Waals surface area (Å²) in [6.45, 7) is 24.7. The van der Waals surface area contributed by atoms with Crippen LogP contribution in [-0.4, -0.2) is 0 Å². The lowest BCUT2D eigenvalue weighted by atomic mass is 9.91. The molecule has 1 unspecified atom stereocenters. The summed E-state index contributed by atoms with van der Waals surface area (Å²) in [5, 5.41) is 0. The molecule has 0 aliphatic rings. The lowest BCUT2D eigenvalue weighted by Gasteiger charge is -2.14. The molecule has 0 N–H and O–H groups in total. The van der Waals surface area contributed by atoms with E-state index in [9.17, 15) is 0 Å². The van der Waals surface area contributed by atoms with Gasteiger partial charge in [0, 0.05) is 5.92 Å². The van der Waals surface area contributed by atoms with Crippen LogP contribution in [0.25, 0.3) is 11.1 Å². The molecule has 0 bridgehead atoms. The van der Waals surface area contributed by atoms with Crippen LogP contribution in [0.5, 0.6) is 0 Å². The molecule has 0 aromatic heterocycles. The molecule has 2 aromatic carbocycles. The van der Waals surface area contributed by atoms with Crippen LogP contribution >= 0.6 is 0 Å². The Balaban J connectivity index is 0.000000316. The molecular weight excluding hydrogens is 372 g/mol. The van der Waals surface area contributed by atoms with E-state index in [0.717, 1.165) is 6.42 Å². The van der Waals surface area contributed by atoms with E-state index in [2.05, 4.69) is 116 Å². The van der Waals surface area contributed by atoms with E-state index >= 15 is 0 Å². The quantitative estimate of drug-likeness (QED) is 0.397. The monoisotopic (exact) mass is 412 g/mol. The molecule has 0 saturated carbocycles. The second-order valence-electron chi connectivity index (χ2n) is 8.97. The normalized spacial score (nSPS) is 13.0. The molecule has 0 nitrogen and oxygen atoms in total. The van der Waals surface area contributed by atoms with E-state index in [0.29, 0.717) is 5.92 Å². The minimum absolute atomic E-state index is 0.232. The third-order valence-corrected chi connectivity index (χ3v) is 5.17. The van der Waals surface area contributed by atoms with Crippen LogP contribution in [0.1, 0.15) is 70.6 Å². The first-order valence-corrected chi connectivity index (χ1v) is 11.1. The Morgan fingerprint density at radius 1 is 0.935 bits per heavy atom. The topological polar surface area (TPSA) is 0 Å². The van der Waals surface area contributed by atoms with Crippen molar-refractivity contribution in [2.24, 2.45) is 5.41 Å². The number of rotatable bonds is 7. The maximum absolute atomic E-state index is 4.06. The van der Waals surface area contributed by atoms with Crippen LogP contribution in [-0.2, 0) is 0 Å². The Morgan fingerprint density at radius 2 is 1.48 bits per heavy atom. The Hall–Kier alpha value is -2.86. The summed E-state index contributed by atoms with van der Waals surface area (Å²) in [5.74, 6) is 0.381. The Bertz CT molecular complexity index is 897. The Labute approximate surface area is 191 Å². The molecular formula is C31H40. The SMILES string of the molecule is C=C(CC)c1ccc(/C(C)=C/C(C)(C)C)cc1.C=C/C=C(\C=C)C(C)c1ccccc1. The number of hydrogen-bond acceptors (Lipinski definition) is 0. The number of benzene rings is 2. The van der Waals surface area contributed by atoms with Crippen LogP contribution in [0, 0.1) is 5.41 Å². The lowest BCUT2D eigenvalue weighted by Crippen LogP contribution is -2.00. The van der Waals surface area contributed by atoms with Gasteiger partial charge in [0.05, 0.1) is 0 Å². The summed E-state index contributed by atoms with van der Waals surface area (Å²) in [5.41, 5.74) is 7.83. The first kappa shape index (κ1) is 26.2. The minimum atomic E-state index is 0.232. The summed E-state index contributed by atoms with van der Waals surface area (Å²) in [7, 11) is 0. The van der Waals surface area contributed by atoms with Gasteiger partial charge in [0.25, 0.3) is 0 Å². The van der Waals surface area contributed by atoms with E-state index < -0.39 is 0 Å². The van der Waals surface area contributed by atoms with Gasteiger partial charge in [-0.05, 0) is 52.2 Å². The fourth-order valence-corrected chi connectivity index (χ4v) is 3.37. The highest BCUT2D eigenvalue weighted by atomic mass is 14.1. The van der Waals surface area contributed by atoms with Crippen LogP contribution < -0.4 is 0 Å². The Kier molecular flexibility index (Phi) is 10.8. The first-order valence-electron chi connectivity index (χ1n) is 11.1. The van der Waals surface area contributed by atoms with Crippen molar-refractivity contribution >= 4 is 11.1 Å². The van der Waals surface area contributed by atoms with Gasteiger partial charge in [-0.3, -0.25) is 0 Å². The van der Waals surface area contributed by atoms with Gasteiger partial charge in [0.1, 0.15) is 0 Å². The van der Waals surface area contributed by atoms with Crippen molar-refractivity contribution in [2.45, 2.75) is 53.9 Å². The molecule has 31 heavy (non-hydrogen) atoms. The van der Waals surface area contributed by atoms with Gasteiger partial charge in [0.2, 0.25) is 0 Å². The summed E-state index contributed by atoms with van der Waals surface area (Å²) in [6.07, 6.45) is 9.02. The highest BCUT2D eigenvalue weighted by molar-refractivity contribution is 5.69. The van der Waals surface area contributed by atoms with Gasteiger partial charge in [-0.1, -0.05) is 133 Å². The molecule has 164 valence electrons. The first-order chi connectivity index (χ1) is 14.6. The maximum Gasteiger partial charge on any atom is 0.00607 e. The molecule has 1 atom stereocenters. The highest BCUT2D eigenvalue weighted by Crippen LogP contribution is 2.25. The molecule has 0 heterocycles. The summed E-state index contributed by atoms with van der Waals surface area (Å²) >= 11 is 0. The van der Waals surface area contributed by atoms with Crippen LogP contribution in [0.4, 0.5) is 0 Å². The second kappa shape index (κ2) is 12.7. The maximum atomic E-state index is 4.06. The average Bonchev–Trinajstić information content (AvgIpc) is 2.76. The zero-order valence-corrected chi connectivity index (χ0v) is 20.4. The zero-order chi connectivity index (χ0) is 23.4. The van der Waals surface area contributed by atoms with Crippen LogP contribution in [0.15, 0.2) is 104 Å². The minimum Gasteiger partial charge on any atom is -0.0991 e. The van der Waals surface area contributed by atoms with Crippen LogP contribution in [0.3, 0.4) is 0 Å². The van der Waals surface area contributed by atoms with E-state index in [1.165, 1.54) is 33.4 Å². The molecule has 2 rings (SSSR count). The van der Waals surface area contributed by atoms with Crippen molar-refractivity contribution in [3.63, 3.8) is 0 Å². The third kappa shape index (κ3) is 9.22. The molecule has 0 amide bonds. The highest BCUT2D eigenvalue weighted by Gasteiger charge is 2.08. The van der Waals surface area contributed by atoms with Crippen molar-refractivity contribution in [3.8, 4) is 0 Å². The molecule has 0 radical (unpaired) electrons. The third-order valence-electron chi connectivity index (χ3n) is 5.17. The fourth-order valence-electron chi connectivity index (χ4n) is 3.37. The zero-order valence-electron chi connectivity index (χ0n) is 20.4. The number of allylic oxidation sites excluding steroid dienone is 7. The molecule has 0 heteroatoms. The smallest absolute Gasteiger partial charge is 0.00607 e. The summed E-state index contributed by atoms with van der Waals surface area (Å²) in [4.78, 5) is 0. The number of hydrogen-bond donors (Lipinski definition) is 0. The van der Waals surface area contributed by atoms with Crippen molar-refractivity contribution in [3.05, 3.63) is 121 Å². The predicted molar refractivity (Wildman–Crippen MR) is 142 cm³/mol. The van der Waals surface area contributed by atoms with Gasteiger partial charge in [-0.25, -0.2) is 0 Å². The molecule has 0 aliphatic heterocycles. The molecule has 0 aliphatic carbocycles. The van der Waals surface area contributed by atoms with Gasteiger partial charge in [-0.2, -0.15) is 0 Å². The molecule has 0 saturated heterocycles. The average molecular weight is 413 g/mol. The van der Waals surface area contributed by atoms with Crippen molar-refractivity contribution < 1.29 is 0 Å². The van der Waals surface area contributed by atoms with Crippen LogP contribution in [0.2, 0.25) is 0 Å². The summed E-state index contributed by atoms with van der Waals surface area (Å²) in [6, 6.07) is 19.1. The van der Waals surface area contributed by atoms with Crippen molar-refractivity contribution in [2.75, 3.05) is 0 Å². The van der Waals surface area contributed by atoms with Crippen molar-refractivity contribution in [1.82, 2.24) is 0 Å². The molecule has 0 fully saturated rings. The van der Waals surface area contributed by atoms with E-state index in [1.807, 2.05) is 18.2 Å². The van der Waals surface area contributed by atoms with Gasteiger partial charge < -0.3 is 0 Å². The van der Waals surface area contributed by atoms with E-state index in [1.54, 1.807) is 6.08 Å². The molecule has 0 spiro atoms. The van der Waals surface area contributed by atoms with Gasteiger partial charge >= 0.3 is 0 Å². The van der Waals surface area contributed by atoms with E-state index in [4.69, 9.17) is 0 Å². The second-order valence-corrected chi connectivity index (χ2v) is 8.97. The Morgan fingerprint density at radius 3 is 1.94 bits per heavy atom. The van der Waals surface area contributed by atoms with Gasteiger partial charge in [-0.15, -0.1) is 0 Å². The fraction of sp³-hybridized carbons (Fsp3) is 0.290. The predicted octanol–water partition coefficient (Wildman–Crippen LogP) is 9.65. The van der Waals surface area contributed by atoms with Gasteiger partial charge in [0.15, 0.2) is 0 Å². The van der Waals surface area contributed by atoms with Crippen molar-refractivity contribution in [1.29, 1.82) is 0 Å². The lowest BCUT2D eigenvalue weighted by molar-refractivity contribution is 0.545. The van der Waals surface area contributed by atoms with E-state index in [-0.39, 0.29) is 5.41 Å².